The summed E-state index contributed by atoms with van der Waals surface area (Å²) in [5, 5.41) is 14.2. The van der Waals surface area contributed by atoms with E-state index < -0.39 is 16.2 Å². The number of nitro benzene ring substituents is 1. The standard InChI is InChI=1S/C20H24N4O4S/c1-12(2)23-18(26)20(17(25)21-19(23)29)11-13-10-14(24(27)28)7-8-15(13)22-9-5-3-4-6-16(20)22/h7-8,10,12,16H,3-6,9,11H2,1-2H3,(H,21,25,29)/t16-,20+/m1/s1. The topological polar surface area (TPSA) is 95.8 Å². The monoisotopic (exact) mass is 416 g/mol. The van der Waals surface area contributed by atoms with Gasteiger partial charge in [-0.2, -0.15) is 0 Å². The molecule has 3 aliphatic rings. The Morgan fingerprint density at radius 2 is 2.03 bits per heavy atom. The highest BCUT2D eigenvalue weighted by molar-refractivity contribution is 7.80. The Balaban J connectivity index is 1.91. The Bertz CT molecular complexity index is 918. The van der Waals surface area contributed by atoms with Gasteiger partial charge < -0.3 is 10.2 Å². The van der Waals surface area contributed by atoms with Gasteiger partial charge in [-0.25, -0.2) is 0 Å². The van der Waals surface area contributed by atoms with Gasteiger partial charge in [0.15, 0.2) is 10.5 Å². The van der Waals surface area contributed by atoms with E-state index in [1.807, 2.05) is 13.8 Å². The first-order valence-electron chi connectivity index (χ1n) is 10.0. The molecular formula is C20H24N4O4S. The molecule has 2 fully saturated rings. The van der Waals surface area contributed by atoms with Crippen LogP contribution in [0.15, 0.2) is 18.2 Å². The van der Waals surface area contributed by atoms with E-state index >= 15 is 0 Å². The van der Waals surface area contributed by atoms with Crippen LogP contribution in [0.25, 0.3) is 0 Å². The van der Waals surface area contributed by atoms with Crippen LogP contribution in [0, 0.1) is 15.5 Å². The lowest BCUT2D eigenvalue weighted by atomic mass is 9.67. The van der Waals surface area contributed by atoms with Crippen LogP contribution in [-0.4, -0.2) is 45.4 Å². The van der Waals surface area contributed by atoms with E-state index in [0.29, 0.717) is 18.5 Å². The summed E-state index contributed by atoms with van der Waals surface area (Å²) in [7, 11) is 0. The van der Waals surface area contributed by atoms with Gasteiger partial charge in [-0.3, -0.25) is 24.6 Å². The summed E-state index contributed by atoms with van der Waals surface area (Å²) in [5.74, 6) is -0.686. The summed E-state index contributed by atoms with van der Waals surface area (Å²) in [4.78, 5) is 41.6. The zero-order valence-corrected chi connectivity index (χ0v) is 17.3. The van der Waals surface area contributed by atoms with Crippen molar-refractivity contribution in [1.82, 2.24) is 10.2 Å². The summed E-state index contributed by atoms with van der Waals surface area (Å²) in [6.07, 6.45) is 3.76. The van der Waals surface area contributed by atoms with Gasteiger partial charge >= 0.3 is 0 Å². The molecule has 0 bridgehead atoms. The highest BCUT2D eigenvalue weighted by Crippen LogP contribution is 2.48. The molecule has 1 aromatic rings. The fourth-order valence-electron chi connectivity index (χ4n) is 5.03. The number of rotatable bonds is 2. The van der Waals surface area contributed by atoms with Crippen molar-refractivity contribution >= 4 is 40.5 Å². The number of carbonyl (C=O) groups is 2. The highest BCUT2D eigenvalue weighted by atomic mass is 32.1. The van der Waals surface area contributed by atoms with Crippen molar-refractivity contribution in [2.45, 2.75) is 58.0 Å². The molecule has 3 heterocycles. The largest absolute Gasteiger partial charge is 0.367 e. The molecule has 154 valence electrons. The molecule has 0 unspecified atom stereocenters. The summed E-state index contributed by atoms with van der Waals surface area (Å²) < 4.78 is 0. The molecule has 0 radical (unpaired) electrons. The summed E-state index contributed by atoms with van der Waals surface area (Å²) in [6, 6.07) is 4.27. The Labute approximate surface area is 174 Å². The van der Waals surface area contributed by atoms with Gasteiger partial charge in [-0.15, -0.1) is 0 Å². The van der Waals surface area contributed by atoms with Crippen LogP contribution < -0.4 is 10.2 Å². The van der Waals surface area contributed by atoms with Crippen LogP contribution in [-0.2, 0) is 16.0 Å². The third-order valence-electron chi connectivity index (χ3n) is 6.34. The van der Waals surface area contributed by atoms with Crippen molar-refractivity contribution in [3.63, 3.8) is 0 Å². The van der Waals surface area contributed by atoms with Gasteiger partial charge in [0.2, 0.25) is 11.8 Å². The summed E-state index contributed by atoms with van der Waals surface area (Å²) in [5.41, 5.74) is 0.182. The lowest BCUT2D eigenvalue weighted by Gasteiger charge is -2.52. The third kappa shape index (κ3) is 2.90. The molecule has 1 N–H and O–H groups in total. The number of anilines is 1. The maximum Gasteiger partial charge on any atom is 0.269 e. The van der Waals surface area contributed by atoms with Gasteiger partial charge in [0.05, 0.1) is 11.0 Å². The predicted molar refractivity (Wildman–Crippen MR) is 112 cm³/mol. The molecule has 2 atom stereocenters. The lowest BCUT2D eigenvalue weighted by molar-refractivity contribution is -0.384. The number of non-ortho nitro benzene ring substituents is 1. The van der Waals surface area contributed by atoms with E-state index in [1.165, 1.54) is 17.0 Å². The lowest BCUT2D eigenvalue weighted by Crippen LogP contribution is -2.72. The number of hydrogen-bond donors (Lipinski definition) is 1. The smallest absolute Gasteiger partial charge is 0.269 e. The van der Waals surface area contributed by atoms with Gasteiger partial charge in [0.25, 0.3) is 5.69 Å². The van der Waals surface area contributed by atoms with Crippen molar-refractivity contribution in [1.29, 1.82) is 0 Å². The number of nitro groups is 1. The molecule has 1 aromatic carbocycles. The molecule has 3 aliphatic heterocycles. The average Bonchev–Trinajstić information content (AvgIpc) is 2.91. The average molecular weight is 417 g/mol. The minimum Gasteiger partial charge on any atom is -0.367 e. The normalized spacial score (nSPS) is 26.9. The van der Waals surface area contributed by atoms with Crippen molar-refractivity contribution in [3.05, 3.63) is 33.9 Å². The quantitative estimate of drug-likeness (QED) is 0.345. The Kier molecular flexibility index (Phi) is 4.80. The third-order valence-corrected chi connectivity index (χ3v) is 6.63. The number of nitrogens with zero attached hydrogens (tertiary/aromatic N) is 3. The fourth-order valence-corrected chi connectivity index (χ4v) is 5.41. The number of amides is 2. The second kappa shape index (κ2) is 7.05. The molecule has 0 aliphatic carbocycles. The first-order chi connectivity index (χ1) is 13.8. The molecule has 9 heteroatoms. The second-order valence-electron chi connectivity index (χ2n) is 8.30. The molecular weight excluding hydrogens is 392 g/mol. The zero-order chi connectivity index (χ0) is 20.9. The number of hydrogen-bond acceptors (Lipinski definition) is 6. The van der Waals surface area contributed by atoms with E-state index in [-0.39, 0.29) is 35.2 Å². The van der Waals surface area contributed by atoms with Gasteiger partial charge in [-0.05, 0) is 50.5 Å². The van der Waals surface area contributed by atoms with Crippen molar-refractivity contribution in [3.8, 4) is 0 Å². The van der Waals surface area contributed by atoms with Crippen LogP contribution in [0.1, 0.15) is 45.1 Å². The Hall–Kier alpha value is -2.55. The van der Waals surface area contributed by atoms with Crippen molar-refractivity contribution in [2.75, 3.05) is 11.4 Å². The summed E-state index contributed by atoms with van der Waals surface area (Å²) >= 11 is 5.29. The first-order valence-corrected chi connectivity index (χ1v) is 10.4. The van der Waals surface area contributed by atoms with E-state index in [9.17, 15) is 19.7 Å². The molecule has 29 heavy (non-hydrogen) atoms. The van der Waals surface area contributed by atoms with E-state index in [0.717, 1.165) is 24.9 Å². The Morgan fingerprint density at radius 1 is 1.28 bits per heavy atom. The molecule has 0 saturated carbocycles. The summed E-state index contributed by atoms with van der Waals surface area (Å²) in [6.45, 7) is 4.44. The van der Waals surface area contributed by atoms with Gasteiger partial charge in [-0.1, -0.05) is 12.8 Å². The molecule has 0 aromatic heterocycles. The van der Waals surface area contributed by atoms with E-state index in [1.54, 1.807) is 6.07 Å². The number of carbonyl (C=O) groups excluding carboxylic acids is 2. The zero-order valence-electron chi connectivity index (χ0n) is 16.5. The maximum absolute atomic E-state index is 13.8. The van der Waals surface area contributed by atoms with Gasteiger partial charge in [0, 0.05) is 36.8 Å². The van der Waals surface area contributed by atoms with E-state index in [2.05, 4.69) is 10.2 Å². The number of benzene rings is 1. The predicted octanol–water partition coefficient (Wildman–Crippen LogP) is 2.54. The van der Waals surface area contributed by atoms with Gasteiger partial charge in [0.1, 0.15) is 0 Å². The van der Waals surface area contributed by atoms with Crippen LogP contribution in [0.4, 0.5) is 11.4 Å². The number of fused-ring (bicyclic) bond motifs is 4. The first kappa shape index (κ1) is 19.8. The highest BCUT2D eigenvalue weighted by Gasteiger charge is 2.61. The molecule has 2 saturated heterocycles. The SMILES string of the molecule is CC(C)N1C(=O)[C@]2(Cc3cc([N+](=O)[O-])ccc3N3CCCCC[C@@H]32)C(=O)NC1=S. The van der Waals surface area contributed by atoms with Crippen molar-refractivity contribution < 1.29 is 14.5 Å². The molecule has 2 amide bonds. The minimum absolute atomic E-state index is 0.0351. The molecule has 8 nitrogen and oxygen atoms in total. The van der Waals surface area contributed by atoms with Crippen LogP contribution in [0.5, 0.6) is 0 Å². The van der Waals surface area contributed by atoms with Crippen molar-refractivity contribution in [2.24, 2.45) is 5.41 Å². The fraction of sp³-hybridized carbons (Fsp3) is 0.550. The second-order valence-corrected chi connectivity index (χ2v) is 8.69. The minimum atomic E-state index is -1.33. The number of thiocarbonyl (C=S) groups is 1. The van der Waals surface area contributed by atoms with Crippen LogP contribution >= 0.6 is 12.2 Å². The number of nitrogens with one attached hydrogen (secondary N) is 1. The molecule has 4 rings (SSSR count). The van der Waals surface area contributed by atoms with E-state index in [4.69, 9.17) is 12.2 Å². The maximum atomic E-state index is 13.8. The van der Waals surface area contributed by atoms with Crippen LogP contribution in [0.2, 0.25) is 0 Å². The Morgan fingerprint density at radius 3 is 2.72 bits per heavy atom. The van der Waals surface area contributed by atoms with Crippen LogP contribution in [0.3, 0.4) is 0 Å². The molecule has 1 spiro atoms.